The maximum atomic E-state index is 9.96. The van der Waals surface area contributed by atoms with Gasteiger partial charge in [0, 0.05) is 31.7 Å². The molecule has 2 N–H and O–H groups in total. The number of aliphatic hydroxyl groups is 2. The van der Waals surface area contributed by atoms with Crippen molar-refractivity contribution in [2.75, 3.05) is 0 Å². The second kappa shape index (κ2) is 15.1. The second-order valence-corrected chi connectivity index (χ2v) is 11.4. The van der Waals surface area contributed by atoms with Crippen molar-refractivity contribution in [2.45, 2.75) is 98.2 Å². The van der Waals surface area contributed by atoms with E-state index in [1.54, 1.807) is 0 Å². The van der Waals surface area contributed by atoms with E-state index in [1.807, 2.05) is 30.5 Å². The largest absolute Gasteiger partial charge is 0.501 e. The summed E-state index contributed by atoms with van der Waals surface area (Å²) >= 11 is 0. The Morgan fingerprint density at radius 2 is 1.44 bits per heavy atom. The molecule has 2 aromatic heterocycles. The molecule has 0 saturated carbocycles. The molecule has 0 aliphatic heterocycles. The van der Waals surface area contributed by atoms with E-state index < -0.39 is 0 Å². The van der Waals surface area contributed by atoms with Gasteiger partial charge in [-0.05, 0) is 47.1 Å². The number of aliphatic hydroxyl groups excluding tert-OH is 2. The van der Waals surface area contributed by atoms with Gasteiger partial charge in [-0.25, -0.2) is 0 Å². The van der Waals surface area contributed by atoms with E-state index in [9.17, 15) is 10.2 Å². The zero-order valence-corrected chi connectivity index (χ0v) is 27.0. The maximum Gasteiger partial charge on any atom is 0.120 e. The van der Waals surface area contributed by atoms with Gasteiger partial charge in [0.1, 0.15) is 5.58 Å². The summed E-state index contributed by atoms with van der Waals surface area (Å²) in [7, 11) is 0. The molecule has 5 heteroatoms. The van der Waals surface area contributed by atoms with Crippen LogP contribution in [0, 0.1) is 17.9 Å². The molecule has 0 saturated heterocycles. The van der Waals surface area contributed by atoms with Gasteiger partial charge in [-0.15, -0.1) is 18.2 Å². The third kappa shape index (κ3) is 8.24. The molecule has 0 aliphatic rings. The Morgan fingerprint density at radius 1 is 0.846 bits per heavy atom. The number of aromatic nitrogens is 1. The molecule has 0 fully saturated rings. The van der Waals surface area contributed by atoms with Crippen molar-refractivity contribution in [3.8, 4) is 11.3 Å². The maximum absolute atomic E-state index is 9.96. The second-order valence-electron chi connectivity index (χ2n) is 11.4. The van der Waals surface area contributed by atoms with Crippen molar-refractivity contribution < 1.29 is 34.7 Å². The van der Waals surface area contributed by atoms with Crippen LogP contribution in [0.2, 0.25) is 0 Å². The molecule has 4 aromatic rings. The van der Waals surface area contributed by atoms with E-state index in [1.165, 1.54) is 5.56 Å². The van der Waals surface area contributed by atoms with E-state index in [4.69, 9.17) is 4.42 Å². The van der Waals surface area contributed by atoms with E-state index in [0.717, 1.165) is 58.9 Å². The van der Waals surface area contributed by atoms with E-state index in [-0.39, 0.29) is 37.7 Å². The fourth-order valence-electron chi connectivity index (χ4n) is 5.21. The van der Waals surface area contributed by atoms with Gasteiger partial charge in [0.25, 0.3) is 0 Å². The van der Waals surface area contributed by atoms with Gasteiger partial charge < -0.3 is 19.6 Å². The van der Waals surface area contributed by atoms with E-state index >= 15 is 0 Å². The molecule has 2 atom stereocenters. The third-order valence-electron chi connectivity index (χ3n) is 7.89. The number of nitrogens with zero attached hydrogens (tertiary/aromatic N) is 1. The third-order valence-corrected chi connectivity index (χ3v) is 7.89. The summed E-state index contributed by atoms with van der Waals surface area (Å²) in [4.78, 5) is 4.55. The molecule has 2 aromatic carbocycles. The molecule has 2 unspecified atom stereocenters. The Hall–Kier alpha value is -2.04. The summed E-state index contributed by atoms with van der Waals surface area (Å²) in [6.07, 6.45) is 5.71. The molecule has 2 heterocycles. The number of fused-ring (bicyclic) bond motifs is 3. The molecule has 0 bridgehead atoms. The number of hydrogen-bond donors (Lipinski definition) is 2. The molecule has 0 aliphatic carbocycles. The monoisotopic (exact) mass is 709 g/mol. The quantitative estimate of drug-likeness (QED) is 0.171. The van der Waals surface area contributed by atoms with Crippen molar-refractivity contribution in [3.05, 3.63) is 66.4 Å². The molecular formula is C34H46IrNO3-. The summed E-state index contributed by atoms with van der Waals surface area (Å²) in [5, 5.41) is 22.2. The molecule has 0 amide bonds. The number of benzene rings is 2. The topological polar surface area (TPSA) is 66.5 Å². The summed E-state index contributed by atoms with van der Waals surface area (Å²) < 4.78 is 6.09. The molecule has 215 valence electrons. The van der Waals surface area contributed by atoms with Crippen LogP contribution in [-0.2, 0) is 25.5 Å². The van der Waals surface area contributed by atoms with Crippen LogP contribution in [0.3, 0.4) is 0 Å². The van der Waals surface area contributed by atoms with E-state index in [0.29, 0.717) is 18.3 Å². The first-order valence-corrected chi connectivity index (χ1v) is 14.3. The van der Waals surface area contributed by atoms with Crippen LogP contribution in [0.5, 0.6) is 0 Å². The summed E-state index contributed by atoms with van der Waals surface area (Å²) in [6.45, 7) is 15.0. The van der Waals surface area contributed by atoms with Gasteiger partial charge in [-0.2, -0.15) is 0 Å². The van der Waals surface area contributed by atoms with Gasteiger partial charge in [0.15, 0.2) is 0 Å². The zero-order chi connectivity index (χ0) is 27.9. The van der Waals surface area contributed by atoms with Crippen molar-refractivity contribution in [1.82, 2.24) is 4.98 Å². The van der Waals surface area contributed by atoms with Crippen LogP contribution in [0.1, 0.15) is 86.1 Å². The van der Waals surface area contributed by atoms with Crippen LogP contribution in [0.25, 0.3) is 33.2 Å². The fourth-order valence-corrected chi connectivity index (χ4v) is 5.21. The molecule has 0 spiro atoms. The first kappa shape index (κ1) is 33.2. The molecule has 4 nitrogen and oxygen atoms in total. The fraction of sp³-hybridized carbons (Fsp3) is 0.500. The van der Waals surface area contributed by atoms with Crippen LogP contribution < -0.4 is 0 Å². The molecule has 39 heavy (non-hydrogen) atoms. The molecule has 4 rings (SSSR count). The Labute approximate surface area is 248 Å². The average molecular weight is 709 g/mol. The zero-order valence-electron chi connectivity index (χ0n) is 24.6. The van der Waals surface area contributed by atoms with Gasteiger partial charge in [-0.1, -0.05) is 109 Å². The van der Waals surface area contributed by atoms with Crippen LogP contribution in [0.15, 0.2) is 59.1 Å². The number of para-hydroxylation sites is 1. The van der Waals surface area contributed by atoms with Crippen LogP contribution in [-0.4, -0.2) is 27.4 Å². The normalized spacial score (nSPS) is 13.3. The van der Waals surface area contributed by atoms with Gasteiger partial charge in [0.05, 0.1) is 17.8 Å². The van der Waals surface area contributed by atoms with Crippen LogP contribution >= 0.6 is 0 Å². The summed E-state index contributed by atoms with van der Waals surface area (Å²) in [5.74, 6) is 0.683. The minimum atomic E-state index is -0.337. The van der Waals surface area contributed by atoms with E-state index in [2.05, 4.69) is 83.8 Å². The van der Waals surface area contributed by atoms with Gasteiger partial charge in [0.2, 0.25) is 0 Å². The van der Waals surface area contributed by atoms with Crippen molar-refractivity contribution in [1.29, 1.82) is 0 Å². The first-order valence-electron chi connectivity index (χ1n) is 14.3. The van der Waals surface area contributed by atoms with Gasteiger partial charge in [-0.3, -0.25) is 0 Å². The smallest absolute Gasteiger partial charge is 0.120 e. The predicted octanol–water partition coefficient (Wildman–Crippen LogP) is 8.71. The van der Waals surface area contributed by atoms with Crippen molar-refractivity contribution in [3.63, 3.8) is 0 Å². The number of hydrogen-bond acceptors (Lipinski definition) is 4. The standard InChI is InChI=1S/C21H18NO.C13H28O2.Ir/c1-21(2,3)14-11-12-22-18(13-14)17-9-6-8-16-15-7-4-5-10-19(15)23-20(16)17;1-5-10(6-2)12(14)9-13(15)11(7-3)8-4;/h4-8,10-13H,1-3H3;10-15H,5-9H2,1-4H3;/q-1;;. The van der Waals surface area contributed by atoms with Gasteiger partial charge >= 0.3 is 0 Å². The van der Waals surface area contributed by atoms with Crippen molar-refractivity contribution in [2.24, 2.45) is 11.8 Å². The molecule has 1 radical (unpaired) electrons. The Morgan fingerprint density at radius 3 is 2.00 bits per heavy atom. The molecular weight excluding hydrogens is 663 g/mol. The van der Waals surface area contributed by atoms with Crippen LogP contribution in [0.4, 0.5) is 0 Å². The Balaban J connectivity index is 0.000000294. The average Bonchev–Trinajstić information content (AvgIpc) is 3.29. The minimum absolute atomic E-state index is 0. The predicted molar refractivity (Wildman–Crippen MR) is 159 cm³/mol. The summed E-state index contributed by atoms with van der Waals surface area (Å²) in [5.41, 5.74) is 4.91. The summed E-state index contributed by atoms with van der Waals surface area (Å²) in [6, 6.07) is 19.6. The Kier molecular flexibility index (Phi) is 12.8. The SMILES string of the molecule is CC(C)(C)c1ccnc(-c2[c-]ccc3c2oc2ccccc23)c1.CCC(CC)C(O)CC(O)C(CC)CC.[Ir]. The minimum Gasteiger partial charge on any atom is -0.501 e. The Bertz CT molecular complexity index is 1270. The van der Waals surface area contributed by atoms with Crippen molar-refractivity contribution >= 4 is 21.9 Å². The number of furan rings is 1. The first-order chi connectivity index (χ1) is 18.1. The number of rotatable bonds is 9. The number of pyridine rings is 1.